The zero-order valence-electron chi connectivity index (χ0n) is 8.65. The molecule has 0 aliphatic carbocycles. The van der Waals surface area contributed by atoms with Crippen molar-refractivity contribution >= 4 is 25.7 Å². The first kappa shape index (κ1) is 14.2. The second kappa shape index (κ2) is 8.50. The topological polar surface area (TPSA) is 24.5 Å². The van der Waals surface area contributed by atoms with E-state index in [2.05, 4.69) is 17.4 Å². The first-order valence-corrected chi connectivity index (χ1v) is 4.83. The molecule has 82 valence electrons. The lowest BCUT2D eigenvalue weighted by atomic mass is 10.2. The van der Waals surface area contributed by atoms with Gasteiger partial charge in [-0.3, -0.25) is 4.31 Å². The zero-order chi connectivity index (χ0) is 10.2. The van der Waals surface area contributed by atoms with Gasteiger partial charge >= 0.3 is 0 Å². The number of rotatable bonds is 3. The molecule has 0 aromatic heterocycles. The van der Waals surface area contributed by atoms with Crippen LogP contribution in [-0.4, -0.2) is 18.4 Å². The summed E-state index contributed by atoms with van der Waals surface area (Å²) in [5.74, 6) is 3.00. The number of hydrogen-bond donors (Lipinski definition) is 1. The maximum absolute atomic E-state index is 4.87. The third-order valence-electron chi connectivity index (χ3n) is 1.36. The number of nitrogens with zero attached hydrogens (tertiary/aromatic N) is 1. The number of hydroxylamine groups is 1. The van der Waals surface area contributed by atoms with Crippen LogP contribution in [0.4, 0.5) is 0 Å². The molecule has 0 saturated heterocycles. The van der Waals surface area contributed by atoms with Gasteiger partial charge in [0.05, 0.1) is 0 Å². The predicted molar refractivity (Wildman–Crippen MR) is 69.2 cm³/mol. The van der Waals surface area contributed by atoms with Gasteiger partial charge in [0.1, 0.15) is 12.2 Å². The van der Waals surface area contributed by atoms with E-state index < -0.39 is 0 Å². The summed E-state index contributed by atoms with van der Waals surface area (Å²) >= 11 is 1.14. The van der Waals surface area contributed by atoms with Crippen LogP contribution >= 0.6 is 25.7 Å². The van der Waals surface area contributed by atoms with Crippen LogP contribution in [0, 0.1) is 12.0 Å². The molecular formula is C10H14N2OS2. The summed E-state index contributed by atoms with van der Waals surface area (Å²) in [5, 5.41) is 0. The molecule has 15 heavy (non-hydrogen) atoms. The van der Waals surface area contributed by atoms with Gasteiger partial charge in [0, 0.05) is 25.7 Å². The van der Waals surface area contributed by atoms with E-state index in [1.54, 1.807) is 11.4 Å². The van der Waals surface area contributed by atoms with Gasteiger partial charge in [-0.15, -0.1) is 0 Å². The number of benzene rings is 1. The fourth-order valence-corrected chi connectivity index (χ4v) is 1.05. The largest absolute Gasteiger partial charge is 0.253 e. The molecule has 0 aliphatic heterocycles. The predicted octanol–water partition coefficient (Wildman–Crippen LogP) is 1.75. The van der Waals surface area contributed by atoms with Crippen molar-refractivity contribution in [3.05, 3.63) is 35.9 Å². The monoisotopic (exact) mass is 242 g/mol. The fraction of sp³-hybridized carbons (Fsp3) is 0.200. The molecule has 1 N–H and O–H groups in total. The first-order chi connectivity index (χ1) is 6.83. The highest BCUT2D eigenvalue weighted by atomic mass is 32.2. The molecule has 5 heteroatoms. The third kappa shape index (κ3) is 6.31. The fourth-order valence-electron chi connectivity index (χ4n) is 0.777. The van der Waals surface area contributed by atoms with Gasteiger partial charge in [0.25, 0.3) is 0 Å². The van der Waals surface area contributed by atoms with Gasteiger partial charge in [-0.25, -0.2) is 4.28 Å². The Morgan fingerprint density at radius 1 is 1.33 bits per heavy atom. The Hall–Kier alpha value is -0.800. The molecule has 0 saturated carbocycles. The minimum absolute atomic E-state index is 0. The van der Waals surface area contributed by atoms with Crippen molar-refractivity contribution in [3.63, 3.8) is 0 Å². The highest BCUT2D eigenvalue weighted by molar-refractivity contribution is 7.92. The summed E-state index contributed by atoms with van der Waals surface area (Å²) in [7, 11) is 3.53. The lowest BCUT2D eigenvalue weighted by Crippen LogP contribution is -2.07. The van der Waals surface area contributed by atoms with Crippen LogP contribution in [0.2, 0.25) is 0 Å². The SMILES string of the molecule is CNOSN(C)C#Cc1ccccc1.S. The molecule has 0 unspecified atom stereocenters. The summed E-state index contributed by atoms with van der Waals surface area (Å²) in [5.41, 5.74) is 3.54. The average Bonchev–Trinajstić information content (AvgIpc) is 2.25. The number of hydrogen-bond acceptors (Lipinski definition) is 4. The Balaban J connectivity index is 0.00000196. The molecule has 1 rings (SSSR count). The lowest BCUT2D eigenvalue weighted by Gasteiger charge is -2.05. The van der Waals surface area contributed by atoms with Crippen LogP contribution in [0.15, 0.2) is 30.3 Å². The van der Waals surface area contributed by atoms with Crippen molar-refractivity contribution in [2.24, 2.45) is 0 Å². The normalized spacial score (nSPS) is 8.40. The van der Waals surface area contributed by atoms with Gasteiger partial charge in [-0.1, -0.05) is 18.2 Å². The molecule has 0 atom stereocenters. The Morgan fingerprint density at radius 2 is 2.00 bits per heavy atom. The van der Waals surface area contributed by atoms with Crippen molar-refractivity contribution in [1.82, 2.24) is 9.79 Å². The van der Waals surface area contributed by atoms with Crippen LogP contribution in [0.25, 0.3) is 0 Å². The van der Waals surface area contributed by atoms with E-state index in [1.807, 2.05) is 37.4 Å². The Morgan fingerprint density at radius 3 is 2.60 bits per heavy atom. The molecule has 0 fully saturated rings. The van der Waals surface area contributed by atoms with Crippen molar-refractivity contribution in [2.45, 2.75) is 0 Å². The maximum Gasteiger partial charge on any atom is 0.143 e. The summed E-state index contributed by atoms with van der Waals surface area (Å²) < 4.78 is 6.56. The summed E-state index contributed by atoms with van der Waals surface area (Å²) in [6, 6.07) is 12.7. The van der Waals surface area contributed by atoms with Crippen LogP contribution in [0.3, 0.4) is 0 Å². The van der Waals surface area contributed by atoms with Gasteiger partial charge in [-0.2, -0.15) is 19.0 Å². The molecular weight excluding hydrogens is 228 g/mol. The first-order valence-electron chi connectivity index (χ1n) is 4.13. The molecule has 0 amide bonds. The molecule has 0 spiro atoms. The van der Waals surface area contributed by atoms with Crippen LogP contribution < -0.4 is 5.48 Å². The Labute approximate surface area is 102 Å². The van der Waals surface area contributed by atoms with E-state index in [-0.39, 0.29) is 13.5 Å². The quantitative estimate of drug-likeness (QED) is 0.287. The molecule has 3 nitrogen and oxygen atoms in total. The van der Waals surface area contributed by atoms with E-state index in [0.717, 1.165) is 17.8 Å². The second-order valence-electron chi connectivity index (χ2n) is 2.46. The maximum atomic E-state index is 4.87. The highest BCUT2D eigenvalue weighted by Crippen LogP contribution is 2.03. The van der Waals surface area contributed by atoms with Crippen molar-refractivity contribution in [2.75, 3.05) is 14.1 Å². The zero-order valence-corrected chi connectivity index (χ0v) is 10.5. The molecule has 0 bridgehead atoms. The van der Waals surface area contributed by atoms with Gasteiger partial charge in [0.2, 0.25) is 0 Å². The van der Waals surface area contributed by atoms with Gasteiger partial charge in [0.15, 0.2) is 0 Å². The van der Waals surface area contributed by atoms with E-state index in [1.165, 1.54) is 0 Å². The van der Waals surface area contributed by atoms with Crippen LogP contribution in [0.5, 0.6) is 0 Å². The minimum Gasteiger partial charge on any atom is -0.253 e. The smallest absolute Gasteiger partial charge is 0.143 e. The van der Waals surface area contributed by atoms with E-state index >= 15 is 0 Å². The molecule has 0 aliphatic rings. The Kier molecular flexibility index (Phi) is 8.05. The molecule has 1 aromatic carbocycles. The standard InChI is InChI=1S/C10H12N2OS.H2S/c1-11-13-14-12(2)9-8-10-6-4-3-5-7-10;/h3-7,11H,1-2H3;1H2. The van der Waals surface area contributed by atoms with Crippen molar-refractivity contribution in [1.29, 1.82) is 0 Å². The molecule has 1 aromatic rings. The summed E-state index contributed by atoms with van der Waals surface area (Å²) in [6.45, 7) is 0. The lowest BCUT2D eigenvalue weighted by molar-refractivity contribution is 0.262. The van der Waals surface area contributed by atoms with E-state index in [9.17, 15) is 0 Å². The third-order valence-corrected chi connectivity index (χ3v) is 1.92. The van der Waals surface area contributed by atoms with Crippen LogP contribution in [0.1, 0.15) is 5.56 Å². The minimum atomic E-state index is 0. The Bertz CT molecular complexity index is 321. The number of nitrogens with one attached hydrogen (secondary N) is 1. The van der Waals surface area contributed by atoms with Crippen LogP contribution in [-0.2, 0) is 4.28 Å². The summed E-state index contributed by atoms with van der Waals surface area (Å²) in [6.07, 6.45) is 0. The highest BCUT2D eigenvalue weighted by Gasteiger charge is 1.90. The van der Waals surface area contributed by atoms with Crippen molar-refractivity contribution in [3.8, 4) is 12.0 Å². The average molecular weight is 242 g/mol. The van der Waals surface area contributed by atoms with E-state index in [0.29, 0.717) is 0 Å². The summed E-state index contributed by atoms with van der Waals surface area (Å²) in [4.78, 5) is 0. The van der Waals surface area contributed by atoms with Gasteiger partial charge in [-0.05, 0) is 18.1 Å². The van der Waals surface area contributed by atoms with Crippen molar-refractivity contribution < 1.29 is 4.28 Å². The van der Waals surface area contributed by atoms with Gasteiger partial charge < -0.3 is 0 Å². The molecule has 0 heterocycles. The van der Waals surface area contributed by atoms with E-state index in [4.69, 9.17) is 4.28 Å². The molecule has 0 radical (unpaired) electrons. The second-order valence-corrected chi connectivity index (χ2v) is 3.33.